The molecule has 0 radical (unpaired) electrons. The fourth-order valence-corrected chi connectivity index (χ4v) is 2.17. The highest BCUT2D eigenvalue weighted by Gasteiger charge is 2.31. The number of imide groups is 1. The van der Waals surface area contributed by atoms with E-state index in [2.05, 4.69) is 5.32 Å². The van der Waals surface area contributed by atoms with Crippen LogP contribution in [0.15, 0.2) is 18.2 Å². The maximum Gasteiger partial charge on any atom is 0.251 e. The van der Waals surface area contributed by atoms with Gasteiger partial charge < -0.3 is 5.32 Å². The second-order valence-electron chi connectivity index (χ2n) is 4.33. The molecule has 1 aliphatic rings. The molecule has 6 heteroatoms. The third-order valence-corrected chi connectivity index (χ3v) is 3.39. The van der Waals surface area contributed by atoms with Gasteiger partial charge in [-0.1, -0.05) is 11.6 Å². The summed E-state index contributed by atoms with van der Waals surface area (Å²) in [5.74, 6) is -0.439. The van der Waals surface area contributed by atoms with Crippen LogP contribution in [0, 0.1) is 11.3 Å². The summed E-state index contributed by atoms with van der Waals surface area (Å²) in [5.41, 5.74) is 1.04. The highest BCUT2D eigenvalue weighted by atomic mass is 35.5. The molecule has 2 rings (SSSR count). The minimum absolute atomic E-state index is 0.172. The lowest BCUT2D eigenvalue weighted by atomic mass is 10.0. The molecule has 0 aromatic heterocycles. The summed E-state index contributed by atoms with van der Waals surface area (Å²) in [6.45, 7) is 0. The Morgan fingerprint density at radius 3 is 2.84 bits per heavy atom. The first kappa shape index (κ1) is 13.4. The van der Waals surface area contributed by atoms with Gasteiger partial charge in [-0.15, -0.1) is 0 Å². The molecular formula is C13H12ClN3O2. The Morgan fingerprint density at radius 1 is 1.47 bits per heavy atom. The molecule has 1 atom stereocenters. The average Bonchev–Trinajstić information content (AvgIpc) is 2.41. The van der Waals surface area contributed by atoms with Gasteiger partial charge in [0.1, 0.15) is 6.04 Å². The number of carbonyl (C=O) groups excluding carboxylic acids is 2. The number of amides is 2. The SMILES string of the molecule is CN1C(=O)CCC(Nc2ccc(C#N)cc2Cl)C1=O. The Hall–Kier alpha value is -2.06. The highest BCUT2D eigenvalue weighted by Crippen LogP contribution is 2.25. The van der Waals surface area contributed by atoms with E-state index in [0.29, 0.717) is 29.1 Å². The molecule has 0 aliphatic carbocycles. The number of hydrogen-bond acceptors (Lipinski definition) is 4. The number of anilines is 1. The zero-order chi connectivity index (χ0) is 14.0. The van der Waals surface area contributed by atoms with Crippen LogP contribution in [0.1, 0.15) is 18.4 Å². The second-order valence-corrected chi connectivity index (χ2v) is 4.74. The van der Waals surface area contributed by atoms with Crippen molar-refractivity contribution in [1.29, 1.82) is 5.26 Å². The van der Waals surface area contributed by atoms with Crippen LogP contribution in [-0.4, -0.2) is 29.8 Å². The van der Waals surface area contributed by atoms with Crippen LogP contribution < -0.4 is 5.32 Å². The van der Waals surface area contributed by atoms with Gasteiger partial charge in [-0.2, -0.15) is 5.26 Å². The number of benzene rings is 1. The van der Waals surface area contributed by atoms with Crippen LogP contribution in [0.4, 0.5) is 5.69 Å². The first-order chi connectivity index (χ1) is 9.02. The van der Waals surface area contributed by atoms with Gasteiger partial charge in [0.15, 0.2) is 0 Å². The summed E-state index contributed by atoms with van der Waals surface area (Å²) in [7, 11) is 1.47. The van der Waals surface area contributed by atoms with Gasteiger partial charge in [0, 0.05) is 13.5 Å². The van der Waals surface area contributed by atoms with Gasteiger partial charge in [0.05, 0.1) is 22.3 Å². The summed E-state index contributed by atoms with van der Waals surface area (Å²) >= 11 is 6.03. The normalized spacial score (nSPS) is 19.2. The summed E-state index contributed by atoms with van der Waals surface area (Å²) in [5, 5.41) is 12.2. The van der Waals surface area contributed by atoms with Gasteiger partial charge in [0.25, 0.3) is 5.91 Å². The van der Waals surface area contributed by atoms with Crippen molar-refractivity contribution < 1.29 is 9.59 Å². The molecule has 0 saturated carbocycles. The van der Waals surface area contributed by atoms with Gasteiger partial charge in [-0.05, 0) is 24.6 Å². The molecule has 1 aromatic rings. The molecule has 1 N–H and O–H groups in total. The highest BCUT2D eigenvalue weighted by molar-refractivity contribution is 6.33. The average molecular weight is 278 g/mol. The van der Waals surface area contributed by atoms with Crippen molar-refractivity contribution in [3.8, 4) is 6.07 Å². The zero-order valence-electron chi connectivity index (χ0n) is 10.3. The number of nitriles is 1. The Kier molecular flexibility index (Phi) is 3.72. The molecule has 1 saturated heterocycles. The third kappa shape index (κ3) is 2.69. The molecule has 1 fully saturated rings. The van der Waals surface area contributed by atoms with E-state index in [9.17, 15) is 9.59 Å². The number of halogens is 1. The van der Waals surface area contributed by atoms with E-state index < -0.39 is 6.04 Å². The molecule has 1 unspecified atom stereocenters. The van der Waals surface area contributed by atoms with Crippen LogP contribution >= 0.6 is 11.6 Å². The van der Waals surface area contributed by atoms with E-state index in [1.54, 1.807) is 12.1 Å². The molecule has 98 valence electrons. The summed E-state index contributed by atoms with van der Waals surface area (Å²) in [6.07, 6.45) is 0.770. The monoisotopic (exact) mass is 277 g/mol. The van der Waals surface area contributed by atoms with Gasteiger partial charge in [-0.25, -0.2) is 0 Å². The lowest BCUT2D eigenvalue weighted by Gasteiger charge is -2.29. The largest absolute Gasteiger partial charge is 0.372 e. The quantitative estimate of drug-likeness (QED) is 0.836. The Labute approximate surface area is 115 Å². The predicted octanol–water partition coefficient (Wildman–Crippen LogP) is 1.77. The molecular weight excluding hydrogens is 266 g/mol. The van der Waals surface area contributed by atoms with E-state index in [-0.39, 0.29) is 11.8 Å². The van der Waals surface area contributed by atoms with E-state index in [1.807, 2.05) is 6.07 Å². The van der Waals surface area contributed by atoms with Crippen molar-refractivity contribution in [3.05, 3.63) is 28.8 Å². The van der Waals surface area contributed by atoms with Crippen LogP contribution in [0.3, 0.4) is 0 Å². The number of nitrogens with zero attached hydrogens (tertiary/aromatic N) is 2. The Morgan fingerprint density at radius 2 is 2.21 bits per heavy atom. The van der Waals surface area contributed by atoms with Crippen LogP contribution in [0.5, 0.6) is 0 Å². The Bertz CT molecular complexity index is 580. The molecule has 19 heavy (non-hydrogen) atoms. The van der Waals surface area contributed by atoms with Gasteiger partial charge in [-0.3, -0.25) is 14.5 Å². The molecule has 5 nitrogen and oxygen atoms in total. The standard InChI is InChI=1S/C13H12ClN3O2/c1-17-12(18)5-4-11(13(17)19)16-10-3-2-8(7-15)6-9(10)14/h2-3,6,11,16H,4-5H2,1H3. The molecule has 1 aliphatic heterocycles. The zero-order valence-corrected chi connectivity index (χ0v) is 11.1. The molecule has 2 amide bonds. The van der Waals surface area contributed by atoms with Crippen molar-refractivity contribution >= 4 is 29.1 Å². The van der Waals surface area contributed by atoms with Crippen LogP contribution in [-0.2, 0) is 9.59 Å². The molecule has 1 aromatic carbocycles. The van der Waals surface area contributed by atoms with Crippen molar-refractivity contribution in [1.82, 2.24) is 4.90 Å². The summed E-state index contributed by atoms with van der Waals surface area (Å²) in [4.78, 5) is 24.4. The van der Waals surface area contributed by atoms with E-state index in [4.69, 9.17) is 16.9 Å². The fraction of sp³-hybridized carbons (Fsp3) is 0.308. The summed E-state index contributed by atoms with van der Waals surface area (Å²) < 4.78 is 0. The van der Waals surface area contributed by atoms with Crippen molar-refractivity contribution in [2.45, 2.75) is 18.9 Å². The number of piperidine rings is 1. The second kappa shape index (κ2) is 5.29. The first-order valence-corrected chi connectivity index (χ1v) is 6.17. The number of rotatable bonds is 2. The topological polar surface area (TPSA) is 73.2 Å². The van der Waals surface area contributed by atoms with E-state index >= 15 is 0 Å². The predicted molar refractivity (Wildman–Crippen MR) is 70.6 cm³/mol. The van der Waals surface area contributed by atoms with Crippen molar-refractivity contribution in [2.24, 2.45) is 0 Å². The van der Waals surface area contributed by atoms with E-state index in [0.717, 1.165) is 4.90 Å². The van der Waals surface area contributed by atoms with Gasteiger partial charge >= 0.3 is 0 Å². The number of nitrogens with one attached hydrogen (secondary N) is 1. The van der Waals surface area contributed by atoms with Crippen molar-refractivity contribution in [3.63, 3.8) is 0 Å². The smallest absolute Gasteiger partial charge is 0.251 e. The third-order valence-electron chi connectivity index (χ3n) is 3.08. The van der Waals surface area contributed by atoms with Crippen molar-refractivity contribution in [2.75, 3.05) is 12.4 Å². The first-order valence-electron chi connectivity index (χ1n) is 5.79. The van der Waals surface area contributed by atoms with Gasteiger partial charge in [0.2, 0.25) is 5.91 Å². The summed E-state index contributed by atoms with van der Waals surface area (Å²) in [6, 6.07) is 6.34. The molecule has 0 bridgehead atoms. The lowest BCUT2D eigenvalue weighted by Crippen LogP contribution is -2.48. The molecule has 1 heterocycles. The van der Waals surface area contributed by atoms with E-state index in [1.165, 1.54) is 13.1 Å². The number of likely N-dealkylation sites (N-methyl/N-ethyl adjacent to an activating group) is 1. The maximum absolute atomic E-state index is 11.9. The van der Waals surface area contributed by atoms with Crippen LogP contribution in [0.25, 0.3) is 0 Å². The fourth-order valence-electron chi connectivity index (χ4n) is 1.94. The minimum Gasteiger partial charge on any atom is -0.372 e. The minimum atomic E-state index is -0.465. The number of likely N-dealkylation sites (tertiary alicyclic amines) is 1. The lowest BCUT2D eigenvalue weighted by molar-refractivity contribution is -0.146. The van der Waals surface area contributed by atoms with Crippen LogP contribution in [0.2, 0.25) is 5.02 Å². The number of carbonyl (C=O) groups is 2. The Balaban J connectivity index is 2.16. The maximum atomic E-state index is 11.9. The number of hydrogen-bond donors (Lipinski definition) is 1. The molecule has 0 spiro atoms.